The molecule has 0 radical (unpaired) electrons. The maximum Gasteiger partial charge on any atom is 0.235 e. The summed E-state index contributed by atoms with van der Waals surface area (Å²) < 4.78 is 0. The second kappa shape index (κ2) is 4.70. The van der Waals surface area contributed by atoms with Crippen LogP contribution in [0.1, 0.15) is 12.0 Å². The second-order valence-corrected chi connectivity index (χ2v) is 4.45. The molecule has 1 unspecified atom stereocenters. The van der Waals surface area contributed by atoms with Gasteiger partial charge in [0.05, 0.1) is 12.5 Å². The standard InChI is InChI=1S/C12H11ClN2O2/c1-8-2-3-9(13)4-11(8)15-6-10(14-7-16)5-12(15)17/h2-4,10H,5-6H2,1H3. The summed E-state index contributed by atoms with van der Waals surface area (Å²) in [5.41, 5.74) is 1.75. The van der Waals surface area contributed by atoms with Crippen molar-refractivity contribution in [3.63, 3.8) is 0 Å². The van der Waals surface area contributed by atoms with E-state index in [9.17, 15) is 9.59 Å². The third-order valence-electron chi connectivity index (χ3n) is 2.80. The van der Waals surface area contributed by atoms with Gasteiger partial charge in [-0.15, -0.1) is 0 Å². The predicted octanol–water partition coefficient (Wildman–Crippen LogP) is 2.09. The molecule has 0 saturated carbocycles. The van der Waals surface area contributed by atoms with E-state index in [0.717, 1.165) is 11.3 Å². The molecule has 1 aliphatic heterocycles. The molecule has 88 valence electrons. The maximum atomic E-state index is 11.8. The van der Waals surface area contributed by atoms with Crippen molar-refractivity contribution < 1.29 is 9.59 Å². The van der Waals surface area contributed by atoms with E-state index in [0.29, 0.717) is 11.6 Å². The Bertz CT molecular complexity index is 509. The number of hydrogen-bond acceptors (Lipinski definition) is 3. The van der Waals surface area contributed by atoms with Crippen molar-refractivity contribution in [2.75, 3.05) is 11.4 Å². The number of aliphatic imine (C=N–C) groups is 1. The van der Waals surface area contributed by atoms with Gasteiger partial charge in [-0.1, -0.05) is 17.7 Å². The number of halogens is 1. The Morgan fingerprint density at radius 2 is 2.29 bits per heavy atom. The maximum absolute atomic E-state index is 11.8. The number of isocyanates is 1. The molecule has 1 saturated heterocycles. The molecular formula is C12H11ClN2O2. The molecule has 0 aromatic heterocycles. The summed E-state index contributed by atoms with van der Waals surface area (Å²) in [5, 5.41) is 0.584. The fraction of sp³-hybridized carbons (Fsp3) is 0.333. The first-order valence-corrected chi connectivity index (χ1v) is 5.63. The van der Waals surface area contributed by atoms with Gasteiger partial charge in [-0.3, -0.25) is 4.79 Å². The number of anilines is 1. The fourth-order valence-corrected chi connectivity index (χ4v) is 2.12. The number of carbonyl (C=O) groups excluding carboxylic acids is 2. The average molecular weight is 251 g/mol. The largest absolute Gasteiger partial charge is 0.310 e. The predicted molar refractivity (Wildman–Crippen MR) is 65.1 cm³/mol. The van der Waals surface area contributed by atoms with Gasteiger partial charge in [-0.25, -0.2) is 9.79 Å². The molecule has 0 spiro atoms. The molecule has 1 amide bonds. The van der Waals surface area contributed by atoms with Crippen LogP contribution in [-0.2, 0) is 9.59 Å². The van der Waals surface area contributed by atoms with E-state index in [1.807, 2.05) is 13.0 Å². The van der Waals surface area contributed by atoms with Crippen molar-refractivity contribution in [3.8, 4) is 0 Å². The molecule has 0 aliphatic carbocycles. The molecular weight excluding hydrogens is 240 g/mol. The summed E-state index contributed by atoms with van der Waals surface area (Å²) in [7, 11) is 0. The van der Waals surface area contributed by atoms with Crippen molar-refractivity contribution in [3.05, 3.63) is 28.8 Å². The van der Waals surface area contributed by atoms with Gasteiger partial charge >= 0.3 is 0 Å². The van der Waals surface area contributed by atoms with E-state index in [-0.39, 0.29) is 18.4 Å². The SMILES string of the molecule is Cc1ccc(Cl)cc1N1CC(N=C=O)CC1=O. The summed E-state index contributed by atoms with van der Waals surface area (Å²) in [6, 6.07) is 5.10. The minimum Gasteiger partial charge on any atom is -0.310 e. The number of aryl methyl sites for hydroxylation is 1. The number of benzene rings is 1. The third kappa shape index (κ3) is 2.38. The number of carbonyl (C=O) groups is 1. The van der Waals surface area contributed by atoms with Gasteiger partial charge < -0.3 is 4.90 Å². The van der Waals surface area contributed by atoms with Gasteiger partial charge in [0, 0.05) is 17.3 Å². The molecule has 0 N–H and O–H groups in total. The molecule has 2 rings (SSSR count). The van der Waals surface area contributed by atoms with E-state index in [1.54, 1.807) is 17.0 Å². The lowest BCUT2D eigenvalue weighted by atomic mass is 10.2. The first kappa shape index (κ1) is 11.8. The summed E-state index contributed by atoms with van der Waals surface area (Å²) in [6.45, 7) is 2.32. The fourth-order valence-electron chi connectivity index (χ4n) is 1.96. The van der Waals surface area contributed by atoms with Crippen LogP contribution < -0.4 is 4.90 Å². The molecule has 1 atom stereocenters. The number of amides is 1. The van der Waals surface area contributed by atoms with Gasteiger partial charge in [-0.05, 0) is 24.6 Å². The Hall–Kier alpha value is -1.64. The molecule has 1 fully saturated rings. The van der Waals surface area contributed by atoms with Crippen LogP contribution in [0.25, 0.3) is 0 Å². The first-order chi connectivity index (χ1) is 8.11. The summed E-state index contributed by atoms with van der Waals surface area (Å²) in [5.74, 6) is -0.0423. The lowest BCUT2D eigenvalue weighted by molar-refractivity contribution is -0.117. The zero-order valence-corrected chi connectivity index (χ0v) is 10.1. The average Bonchev–Trinajstić information content (AvgIpc) is 2.64. The van der Waals surface area contributed by atoms with E-state index in [1.165, 1.54) is 6.08 Å². The number of hydrogen-bond donors (Lipinski definition) is 0. The van der Waals surface area contributed by atoms with Gasteiger partial charge in [0.1, 0.15) is 0 Å². The van der Waals surface area contributed by atoms with E-state index >= 15 is 0 Å². The number of rotatable bonds is 2. The zero-order valence-electron chi connectivity index (χ0n) is 9.31. The smallest absolute Gasteiger partial charge is 0.235 e. The Labute approximate surface area is 104 Å². The molecule has 4 nitrogen and oxygen atoms in total. The van der Waals surface area contributed by atoms with E-state index < -0.39 is 0 Å². The molecule has 5 heteroatoms. The zero-order chi connectivity index (χ0) is 12.4. The number of nitrogens with zero attached hydrogens (tertiary/aromatic N) is 2. The second-order valence-electron chi connectivity index (χ2n) is 4.01. The molecule has 17 heavy (non-hydrogen) atoms. The van der Waals surface area contributed by atoms with Gasteiger partial charge in [0.2, 0.25) is 12.0 Å². The summed E-state index contributed by atoms with van der Waals surface area (Å²) in [4.78, 5) is 27.2. The van der Waals surface area contributed by atoms with Crippen LogP contribution in [0.4, 0.5) is 5.69 Å². The Balaban J connectivity index is 2.31. The van der Waals surface area contributed by atoms with Crippen LogP contribution in [-0.4, -0.2) is 24.6 Å². The topological polar surface area (TPSA) is 49.7 Å². The normalized spacial score (nSPS) is 19.3. The van der Waals surface area contributed by atoms with Crippen molar-refractivity contribution in [2.24, 2.45) is 4.99 Å². The van der Waals surface area contributed by atoms with Gasteiger partial charge in [-0.2, -0.15) is 0 Å². The Kier molecular flexibility index (Phi) is 3.27. The first-order valence-electron chi connectivity index (χ1n) is 5.25. The van der Waals surface area contributed by atoms with Crippen molar-refractivity contribution in [1.82, 2.24) is 0 Å². The van der Waals surface area contributed by atoms with E-state index in [4.69, 9.17) is 11.6 Å². The van der Waals surface area contributed by atoms with Crippen LogP contribution >= 0.6 is 11.6 Å². The van der Waals surface area contributed by atoms with Crippen LogP contribution in [0.3, 0.4) is 0 Å². The quantitative estimate of drug-likeness (QED) is 0.596. The summed E-state index contributed by atoms with van der Waals surface area (Å²) in [6.07, 6.45) is 1.75. The lowest BCUT2D eigenvalue weighted by Gasteiger charge is -2.18. The summed E-state index contributed by atoms with van der Waals surface area (Å²) >= 11 is 5.92. The molecule has 1 aromatic rings. The van der Waals surface area contributed by atoms with Crippen LogP contribution in [0.2, 0.25) is 5.02 Å². The van der Waals surface area contributed by atoms with Crippen molar-refractivity contribution >= 4 is 29.3 Å². The van der Waals surface area contributed by atoms with Crippen LogP contribution in [0, 0.1) is 6.92 Å². The van der Waals surface area contributed by atoms with Crippen LogP contribution in [0.5, 0.6) is 0 Å². The lowest BCUT2D eigenvalue weighted by Crippen LogP contribution is -2.25. The highest BCUT2D eigenvalue weighted by Gasteiger charge is 2.31. The van der Waals surface area contributed by atoms with Gasteiger partial charge in [0.25, 0.3) is 0 Å². The van der Waals surface area contributed by atoms with Crippen molar-refractivity contribution in [1.29, 1.82) is 0 Å². The minimum absolute atomic E-state index is 0.0423. The highest BCUT2D eigenvalue weighted by molar-refractivity contribution is 6.31. The highest BCUT2D eigenvalue weighted by atomic mass is 35.5. The molecule has 1 aromatic carbocycles. The van der Waals surface area contributed by atoms with Crippen molar-refractivity contribution in [2.45, 2.75) is 19.4 Å². The highest BCUT2D eigenvalue weighted by Crippen LogP contribution is 2.28. The van der Waals surface area contributed by atoms with Gasteiger partial charge in [0.15, 0.2) is 0 Å². The molecule has 1 heterocycles. The minimum atomic E-state index is -0.293. The van der Waals surface area contributed by atoms with Crippen LogP contribution in [0.15, 0.2) is 23.2 Å². The monoisotopic (exact) mass is 250 g/mol. The molecule has 0 bridgehead atoms. The Morgan fingerprint density at radius 3 is 3.00 bits per heavy atom. The molecule has 1 aliphatic rings. The third-order valence-corrected chi connectivity index (χ3v) is 3.04. The van der Waals surface area contributed by atoms with E-state index in [2.05, 4.69) is 4.99 Å². The Morgan fingerprint density at radius 1 is 1.53 bits per heavy atom.